The van der Waals surface area contributed by atoms with Crippen LogP contribution in [-0.4, -0.2) is 6.29 Å². The van der Waals surface area contributed by atoms with Gasteiger partial charge in [0.05, 0.1) is 0 Å². The molecule has 0 heterocycles. The highest BCUT2D eigenvalue weighted by Gasteiger charge is 2.08. The summed E-state index contributed by atoms with van der Waals surface area (Å²) < 4.78 is 0. The van der Waals surface area contributed by atoms with Gasteiger partial charge in [-0.3, -0.25) is 4.79 Å². The molecule has 14 heavy (non-hydrogen) atoms. The molecule has 0 N–H and O–H groups in total. The molecular formula is C13H12O. The van der Waals surface area contributed by atoms with Crippen molar-refractivity contribution in [2.45, 2.75) is 13.8 Å². The van der Waals surface area contributed by atoms with Gasteiger partial charge in [-0.25, -0.2) is 0 Å². The number of rotatable bonds is 1. The molecule has 0 saturated heterocycles. The summed E-state index contributed by atoms with van der Waals surface area (Å²) in [4.78, 5) is 10.7. The predicted octanol–water partition coefficient (Wildman–Crippen LogP) is 1.50. The molecule has 1 aliphatic rings. The molecule has 0 amide bonds. The molecule has 1 aliphatic carbocycles. The van der Waals surface area contributed by atoms with Crippen LogP contribution in [0.2, 0.25) is 0 Å². The first-order valence-corrected chi connectivity index (χ1v) is 4.61. The van der Waals surface area contributed by atoms with E-state index in [-0.39, 0.29) is 0 Å². The highest BCUT2D eigenvalue weighted by Crippen LogP contribution is 2.17. The second-order valence-electron chi connectivity index (χ2n) is 3.71. The van der Waals surface area contributed by atoms with E-state index in [1.165, 1.54) is 16.4 Å². The third-order valence-electron chi connectivity index (χ3n) is 2.75. The quantitative estimate of drug-likeness (QED) is 0.604. The van der Waals surface area contributed by atoms with E-state index in [2.05, 4.69) is 26.5 Å². The highest BCUT2D eigenvalue weighted by molar-refractivity contribution is 5.83. The average Bonchev–Trinajstić information content (AvgIpc) is 2.43. The smallest absolute Gasteiger partial charge is 0.150 e. The maximum absolute atomic E-state index is 10.7. The lowest BCUT2D eigenvalue weighted by atomic mass is 10.1. The van der Waals surface area contributed by atoms with Crippen LogP contribution < -0.4 is 10.4 Å². The molecule has 2 rings (SSSR count). The number of carbonyl (C=O) groups excluding carboxylic acids is 1. The van der Waals surface area contributed by atoms with Gasteiger partial charge in [0.25, 0.3) is 0 Å². The van der Waals surface area contributed by atoms with Gasteiger partial charge in [-0.05, 0) is 53.1 Å². The number of hydrogen-bond acceptors (Lipinski definition) is 1. The van der Waals surface area contributed by atoms with Gasteiger partial charge in [0.1, 0.15) is 6.29 Å². The molecule has 1 aromatic carbocycles. The maximum Gasteiger partial charge on any atom is 0.150 e. The van der Waals surface area contributed by atoms with Crippen molar-refractivity contribution in [3.05, 3.63) is 39.3 Å². The minimum atomic E-state index is 0.701. The van der Waals surface area contributed by atoms with Gasteiger partial charge in [0.15, 0.2) is 0 Å². The number of fused-ring (bicyclic) bond motifs is 1. The van der Waals surface area contributed by atoms with Gasteiger partial charge in [0, 0.05) is 5.56 Å². The van der Waals surface area contributed by atoms with Crippen LogP contribution in [0, 0.1) is 0 Å². The normalized spacial score (nSPS) is 13.9. The van der Waals surface area contributed by atoms with Crippen molar-refractivity contribution in [1.29, 1.82) is 0 Å². The lowest BCUT2D eigenvalue weighted by Gasteiger charge is -1.96. The van der Waals surface area contributed by atoms with E-state index in [0.29, 0.717) is 5.56 Å². The van der Waals surface area contributed by atoms with Crippen LogP contribution in [0.3, 0.4) is 0 Å². The predicted molar refractivity (Wildman–Crippen MR) is 59.3 cm³/mol. The fourth-order valence-corrected chi connectivity index (χ4v) is 1.93. The number of allylic oxidation sites excluding steroid dienone is 1. The van der Waals surface area contributed by atoms with Crippen molar-refractivity contribution in [3.8, 4) is 0 Å². The number of carbonyl (C=O) groups is 1. The average molecular weight is 184 g/mol. The van der Waals surface area contributed by atoms with Crippen molar-refractivity contribution in [2.75, 3.05) is 0 Å². The molecule has 0 aromatic heterocycles. The first-order valence-electron chi connectivity index (χ1n) is 4.61. The van der Waals surface area contributed by atoms with Gasteiger partial charge in [-0.15, -0.1) is 0 Å². The molecule has 0 radical (unpaired) electrons. The summed E-state index contributed by atoms with van der Waals surface area (Å²) in [6, 6.07) is 3.75. The summed E-state index contributed by atoms with van der Waals surface area (Å²) in [7, 11) is 0. The van der Waals surface area contributed by atoms with E-state index in [9.17, 15) is 4.79 Å². The summed E-state index contributed by atoms with van der Waals surface area (Å²) in [5.74, 6) is 0. The van der Waals surface area contributed by atoms with Gasteiger partial charge in [-0.2, -0.15) is 0 Å². The SMILES string of the molecule is C=c1cc(C=O)cc2c1=C(C)C(C)=C2. The Labute approximate surface area is 83.1 Å². The van der Waals surface area contributed by atoms with Crippen molar-refractivity contribution >= 4 is 24.5 Å². The Balaban J connectivity index is 2.90. The molecule has 1 nitrogen and oxygen atoms in total. The van der Waals surface area contributed by atoms with Gasteiger partial charge in [-0.1, -0.05) is 12.7 Å². The number of benzene rings is 1. The third kappa shape index (κ3) is 1.13. The second-order valence-corrected chi connectivity index (χ2v) is 3.71. The molecule has 0 spiro atoms. The molecule has 0 fully saturated rings. The Bertz CT molecular complexity index is 547. The molecule has 0 unspecified atom stereocenters. The Morgan fingerprint density at radius 1 is 1.29 bits per heavy atom. The monoisotopic (exact) mass is 184 g/mol. The zero-order chi connectivity index (χ0) is 10.3. The largest absolute Gasteiger partial charge is 0.298 e. The van der Waals surface area contributed by atoms with E-state index < -0.39 is 0 Å². The zero-order valence-corrected chi connectivity index (χ0v) is 8.42. The Hall–Kier alpha value is -1.63. The highest BCUT2D eigenvalue weighted by atomic mass is 16.1. The molecule has 0 bridgehead atoms. The van der Waals surface area contributed by atoms with Gasteiger partial charge >= 0.3 is 0 Å². The van der Waals surface area contributed by atoms with E-state index in [1.54, 1.807) is 0 Å². The molecule has 0 saturated carbocycles. The molecule has 0 atom stereocenters. The lowest BCUT2D eigenvalue weighted by Crippen LogP contribution is -2.26. The summed E-state index contributed by atoms with van der Waals surface area (Å²) >= 11 is 0. The molecule has 70 valence electrons. The fourth-order valence-electron chi connectivity index (χ4n) is 1.93. The minimum absolute atomic E-state index is 0.701. The molecule has 1 aromatic rings. The van der Waals surface area contributed by atoms with Crippen molar-refractivity contribution < 1.29 is 4.79 Å². The van der Waals surface area contributed by atoms with Crippen molar-refractivity contribution in [3.63, 3.8) is 0 Å². The van der Waals surface area contributed by atoms with Crippen LogP contribution in [0.5, 0.6) is 0 Å². The molecular weight excluding hydrogens is 172 g/mol. The molecule has 1 heteroatoms. The summed E-state index contributed by atoms with van der Waals surface area (Å²) in [6.07, 6.45) is 2.97. The number of hydrogen-bond donors (Lipinski definition) is 0. The zero-order valence-electron chi connectivity index (χ0n) is 8.42. The fraction of sp³-hybridized carbons (Fsp3) is 0.154. The van der Waals surface area contributed by atoms with Crippen molar-refractivity contribution in [2.24, 2.45) is 0 Å². The van der Waals surface area contributed by atoms with Crippen LogP contribution in [0.1, 0.15) is 29.8 Å². The van der Waals surface area contributed by atoms with Crippen LogP contribution >= 0.6 is 0 Å². The van der Waals surface area contributed by atoms with E-state index in [4.69, 9.17) is 0 Å². The Morgan fingerprint density at radius 3 is 2.64 bits per heavy atom. The van der Waals surface area contributed by atoms with Gasteiger partial charge < -0.3 is 0 Å². The first-order chi connectivity index (χ1) is 6.63. The van der Waals surface area contributed by atoms with Crippen LogP contribution in [0.4, 0.5) is 0 Å². The topological polar surface area (TPSA) is 17.1 Å². The third-order valence-corrected chi connectivity index (χ3v) is 2.75. The van der Waals surface area contributed by atoms with Crippen LogP contribution in [0.25, 0.3) is 18.2 Å². The van der Waals surface area contributed by atoms with Gasteiger partial charge in [0.2, 0.25) is 0 Å². The first kappa shape index (κ1) is 8.95. The van der Waals surface area contributed by atoms with E-state index in [0.717, 1.165) is 17.1 Å². The number of aldehydes is 1. The van der Waals surface area contributed by atoms with Crippen LogP contribution in [-0.2, 0) is 0 Å². The summed E-state index contributed by atoms with van der Waals surface area (Å²) in [6.45, 7) is 8.14. The lowest BCUT2D eigenvalue weighted by molar-refractivity contribution is 0.112. The van der Waals surface area contributed by atoms with Crippen LogP contribution in [0.15, 0.2) is 17.7 Å². The minimum Gasteiger partial charge on any atom is -0.298 e. The van der Waals surface area contributed by atoms with E-state index >= 15 is 0 Å². The van der Waals surface area contributed by atoms with Crippen molar-refractivity contribution in [1.82, 2.24) is 0 Å². The standard InChI is InChI=1S/C13H12O/c1-8-5-12-6-11(7-14)4-9(2)13(12)10(8)3/h4-7H,2H2,1,3H3. The second kappa shape index (κ2) is 2.95. The summed E-state index contributed by atoms with van der Waals surface area (Å²) in [5.41, 5.74) is 4.34. The summed E-state index contributed by atoms with van der Waals surface area (Å²) in [5, 5.41) is 2.13. The Morgan fingerprint density at radius 2 is 2.00 bits per heavy atom. The molecule has 0 aliphatic heterocycles. The Kier molecular flexibility index (Phi) is 1.88. The van der Waals surface area contributed by atoms with E-state index in [1.807, 2.05) is 12.1 Å². The maximum atomic E-state index is 10.7.